The molecule has 2 heterocycles. The minimum atomic E-state index is -0.0169. The van der Waals surface area contributed by atoms with Crippen LogP contribution >= 0.6 is 11.3 Å². The van der Waals surface area contributed by atoms with E-state index in [1.807, 2.05) is 48.0 Å². The minimum absolute atomic E-state index is 0.0169. The number of aryl methyl sites for hydroxylation is 1. The average Bonchev–Trinajstić information content (AvgIpc) is 3.34. The van der Waals surface area contributed by atoms with Crippen LogP contribution in [0.1, 0.15) is 29.1 Å². The van der Waals surface area contributed by atoms with Gasteiger partial charge in [0.1, 0.15) is 0 Å². The molecule has 0 radical (unpaired) electrons. The van der Waals surface area contributed by atoms with Gasteiger partial charge in [-0.05, 0) is 37.5 Å². The van der Waals surface area contributed by atoms with Gasteiger partial charge in [-0.15, -0.1) is 11.3 Å². The summed E-state index contributed by atoms with van der Waals surface area (Å²) in [6.07, 6.45) is 2.18. The molecule has 0 saturated carbocycles. The van der Waals surface area contributed by atoms with Crippen LogP contribution in [0.15, 0.2) is 34.6 Å². The van der Waals surface area contributed by atoms with Crippen LogP contribution in [0.5, 0.6) is 0 Å². The van der Waals surface area contributed by atoms with Crippen molar-refractivity contribution in [1.82, 2.24) is 20.1 Å². The van der Waals surface area contributed by atoms with Crippen LogP contribution in [0.4, 0.5) is 10.5 Å². The van der Waals surface area contributed by atoms with Gasteiger partial charge in [-0.1, -0.05) is 12.1 Å². The summed E-state index contributed by atoms with van der Waals surface area (Å²) < 4.78 is 0. The molecule has 3 rings (SSSR count). The molecule has 8 heteroatoms. The van der Waals surface area contributed by atoms with Gasteiger partial charge >= 0.3 is 6.03 Å². The lowest BCUT2D eigenvalue weighted by atomic mass is 10.2. The van der Waals surface area contributed by atoms with Crippen LogP contribution in [-0.2, 0) is 13.1 Å². The number of rotatable bonds is 5. The van der Waals surface area contributed by atoms with Crippen molar-refractivity contribution in [3.8, 4) is 0 Å². The number of likely N-dealkylation sites (tertiary alicyclic amines) is 1. The number of urea groups is 1. The molecule has 1 aromatic heterocycles. The number of thiazole rings is 1. The molecule has 1 saturated heterocycles. The Morgan fingerprint density at radius 1 is 1.36 bits per heavy atom. The Morgan fingerprint density at radius 3 is 2.82 bits per heavy atom. The van der Waals surface area contributed by atoms with Crippen LogP contribution in [0.25, 0.3) is 0 Å². The maximum absolute atomic E-state index is 12.3. The molecule has 1 aliphatic heterocycles. The monoisotopic (exact) mass is 400 g/mol. The van der Waals surface area contributed by atoms with Crippen molar-refractivity contribution in [1.29, 1.82) is 0 Å². The van der Waals surface area contributed by atoms with E-state index in [-0.39, 0.29) is 6.03 Å². The van der Waals surface area contributed by atoms with E-state index in [9.17, 15) is 4.79 Å². The van der Waals surface area contributed by atoms with E-state index >= 15 is 0 Å². The van der Waals surface area contributed by atoms with Gasteiger partial charge in [0, 0.05) is 44.8 Å². The van der Waals surface area contributed by atoms with Crippen LogP contribution in [0.3, 0.4) is 0 Å². The van der Waals surface area contributed by atoms with Crippen molar-refractivity contribution in [2.45, 2.75) is 32.9 Å². The van der Waals surface area contributed by atoms with E-state index in [0.29, 0.717) is 13.1 Å². The van der Waals surface area contributed by atoms with Crippen molar-refractivity contribution < 1.29 is 4.79 Å². The van der Waals surface area contributed by atoms with E-state index < -0.39 is 0 Å². The number of aromatic nitrogens is 1. The molecular formula is C20H28N6OS. The number of benzene rings is 1. The zero-order chi connectivity index (χ0) is 19.9. The molecule has 2 aromatic rings. The maximum atomic E-state index is 12.3. The zero-order valence-electron chi connectivity index (χ0n) is 16.7. The standard InChI is InChI=1S/C20H28N6OS/c1-15-23-18(14-28-15)13-25(3)19(21-2)22-12-16-7-6-8-17(11-16)24-20(27)26-9-4-5-10-26/h6-8,11,14H,4-5,9-10,12-13H2,1-3H3,(H,21,22)(H,24,27). The second-order valence-electron chi connectivity index (χ2n) is 6.94. The molecule has 0 atom stereocenters. The first-order valence-corrected chi connectivity index (χ1v) is 10.4. The molecule has 1 fully saturated rings. The van der Waals surface area contributed by atoms with Crippen molar-refractivity contribution in [3.63, 3.8) is 0 Å². The lowest BCUT2D eigenvalue weighted by Crippen LogP contribution is -2.38. The van der Waals surface area contributed by atoms with Crippen LogP contribution in [0, 0.1) is 6.92 Å². The number of carbonyl (C=O) groups is 1. The predicted octanol–water partition coefficient (Wildman–Crippen LogP) is 3.29. The SMILES string of the molecule is CN=C(NCc1cccc(NC(=O)N2CCCC2)c1)N(C)Cc1csc(C)n1. The van der Waals surface area contributed by atoms with Crippen molar-refractivity contribution >= 4 is 29.0 Å². The van der Waals surface area contributed by atoms with Crippen molar-refractivity contribution in [3.05, 3.63) is 45.9 Å². The van der Waals surface area contributed by atoms with E-state index in [2.05, 4.69) is 26.0 Å². The fourth-order valence-electron chi connectivity index (χ4n) is 3.25. The summed E-state index contributed by atoms with van der Waals surface area (Å²) in [5.74, 6) is 0.803. The van der Waals surface area contributed by atoms with Gasteiger partial charge in [0.05, 0.1) is 17.2 Å². The molecule has 28 heavy (non-hydrogen) atoms. The van der Waals surface area contributed by atoms with Gasteiger partial charge in [-0.25, -0.2) is 9.78 Å². The van der Waals surface area contributed by atoms with Crippen LogP contribution < -0.4 is 10.6 Å². The Hall–Kier alpha value is -2.61. The highest BCUT2D eigenvalue weighted by atomic mass is 32.1. The average molecular weight is 401 g/mol. The summed E-state index contributed by atoms with van der Waals surface area (Å²) in [6, 6.07) is 7.90. The Kier molecular flexibility index (Phi) is 6.86. The third-order valence-corrected chi connectivity index (χ3v) is 5.48. The number of hydrogen-bond donors (Lipinski definition) is 2. The summed E-state index contributed by atoms with van der Waals surface area (Å²) in [6.45, 7) is 5.02. The van der Waals surface area contributed by atoms with E-state index in [1.54, 1.807) is 18.4 Å². The summed E-state index contributed by atoms with van der Waals surface area (Å²) in [5, 5.41) is 9.52. The van der Waals surface area contributed by atoms with E-state index in [0.717, 1.165) is 53.8 Å². The first-order valence-electron chi connectivity index (χ1n) is 9.53. The fourth-order valence-corrected chi connectivity index (χ4v) is 3.85. The molecule has 1 aromatic carbocycles. The third kappa shape index (κ3) is 5.45. The number of hydrogen-bond acceptors (Lipinski definition) is 4. The molecule has 2 N–H and O–H groups in total. The number of nitrogens with one attached hydrogen (secondary N) is 2. The molecule has 0 bridgehead atoms. The topological polar surface area (TPSA) is 72.9 Å². The minimum Gasteiger partial charge on any atom is -0.352 e. The molecule has 150 valence electrons. The second kappa shape index (κ2) is 9.54. The highest BCUT2D eigenvalue weighted by Crippen LogP contribution is 2.14. The second-order valence-corrected chi connectivity index (χ2v) is 8.00. The largest absolute Gasteiger partial charge is 0.352 e. The normalized spacial score (nSPS) is 14.2. The molecule has 7 nitrogen and oxygen atoms in total. The number of carbonyl (C=O) groups excluding carboxylic acids is 1. The number of anilines is 1. The zero-order valence-corrected chi connectivity index (χ0v) is 17.6. The molecule has 1 aliphatic rings. The van der Waals surface area contributed by atoms with Gasteiger partial charge < -0.3 is 20.4 Å². The van der Waals surface area contributed by atoms with Gasteiger partial charge in [0.15, 0.2) is 5.96 Å². The Bertz CT molecular complexity index is 828. The van der Waals surface area contributed by atoms with Gasteiger partial charge in [-0.3, -0.25) is 4.99 Å². The summed E-state index contributed by atoms with van der Waals surface area (Å²) in [5.41, 5.74) is 2.94. The first kappa shape index (κ1) is 20.1. The summed E-state index contributed by atoms with van der Waals surface area (Å²) in [4.78, 5) is 25.1. The Morgan fingerprint density at radius 2 is 2.14 bits per heavy atom. The molecule has 0 unspecified atom stereocenters. The Labute approximate surface area is 170 Å². The number of guanidine groups is 1. The Balaban J connectivity index is 1.54. The van der Waals surface area contributed by atoms with Gasteiger partial charge in [0.2, 0.25) is 0 Å². The molecule has 0 aliphatic carbocycles. The quantitative estimate of drug-likeness (QED) is 0.597. The smallest absolute Gasteiger partial charge is 0.321 e. The van der Waals surface area contributed by atoms with Crippen molar-refractivity contribution in [2.75, 3.05) is 32.5 Å². The van der Waals surface area contributed by atoms with E-state index in [1.165, 1.54) is 0 Å². The van der Waals surface area contributed by atoms with Crippen molar-refractivity contribution in [2.24, 2.45) is 4.99 Å². The van der Waals surface area contributed by atoms with E-state index in [4.69, 9.17) is 0 Å². The van der Waals surface area contributed by atoms with Gasteiger partial charge in [-0.2, -0.15) is 0 Å². The number of nitrogens with zero attached hydrogens (tertiary/aromatic N) is 4. The number of amides is 2. The predicted molar refractivity (Wildman–Crippen MR) is 115 cm³/mol. The molecule has 2 amide bonds. The highest BCUT2D eigenvalue weighted by molar-refractivity contribution is 7.09. The van der Waals surface area contributed by atoms with Crippen LogP contribution in [-0.4, -0.2) is 54.0 Å². The molecule has 0 spiro atoms. The third-order valence-electron chi connectivity index (χ3n) is 4.66. The highest BCUT2D eigenvalue weighted by Gasteiger charge is 2.17. The maximum Gasteiger partial charge on any atom is 0.321 e. The molecular weight excluding hydrogens is 372 g/mol. The van der Waals surface area contributed by atoms with Gasteiger partial charge in [0.25, 0.3) is 0 Å². The fraction of sp³-hybridized carbons (Fsp3) is 0.450. The van der Waals surface area contributed by atoms with Crippen LogP contribution in [0.2, 0.25) is 0 Å². The number of aliphatic imine (C=N–C) groups is 1. The first-order chi connectivity index (χ1) is 13.5. The summed E-state index contributed by atoms with van der Waals surface area (Å²) >= 11 is 1.66. The lowest BCUT2D eigenvalue weighted by molar-refractivity contribution is 0.222. The lowest BCUT2D eigenvalue weighted by Gasteiger charge is -2.21. The summed E-state index contributed by atoms with van der Waals surface area (Å²) in [7, 11) is 3.77.